The highest BCUT2D eigenvalue weighted by atomic mass is 19.1. The minimum atomic E-state index is -0.295. The number of halogens is 2. The molecule has 2 aromatic heterocycles. The molecule has 13 heteroatoms. The number of aromatic nitrogens is 6. The molecule has 7 rings (SSSR count). The van der Waals surface area contributed by atoms with E-state index in [2.05, 4.69) is 36.4 Å². The number of para-hydroxylation sites is 2. The van der Waals surface area contributed by atoms with Crippen LogP contribution in [0.25, 0.3) is 16.7 Å². The number of nitrogens with one attached hydrogen (secondary N) is 1. The van der Waals surface area contributed by atoms with Gasteiger partial charge in [0.15, 0.2) is 0 Å². The molecule has 4 aromatic carbocycles. The molecule has 0 bridgehead atoms. The van der Waals surface area contributed by atoms with E-state index in [9.17, 15) is 13.6 Å². The van der Waals surface area contributed by atoms with Crippen LogP contribution in [0.5, 0.6) is 5.75 Å². The van der Waals surface area contributed by atoms with Gasteiger partial charge in [-0.15, -0.1) is 5.10 Å². The number of carbonyl (C=O) groups is 1. The van der Waals surface area contributed by atoms with E-state index in [0.717, 1.165) is 67.0 Å². The quantitative estimate of drug-likeness (QED) is 0.152. The minimum absolute atomic E-state index is 0.0227. The third kappa shape index (κ3) is 7.94. The summed E-state index contributed by atoms with van der Waals surface area (Å²) in [5.41, 5.74) is 4.96. The van der Waals surface area contributed by atoms with Crippen molar-refractivity contribution in [3.05, 3.63) is 126 Å². The van der Waals surface area contributed by atoms with Crippen molar-refractivity contribution in [2.75, 3.05) is 45.7 Å². The number of piperidine rings is 1. The standard InChI is InChI=1S/C39H41F2N9O2/c1-47(38(51)34-23-33(15-16-37(34)52-2)50-26-42-45-46-50)25-29(28-9-13-31(41)14-10-28)17-20-48-21-18-32(19-22-48)43-39-44-35-5-3-4-6-36(35)49(39)24-27-7-11-30(40)12-8-27/h3-16,23,26,29,32H,17-22,24-25H2,1-2H3,(H,43,44). The third-order valence-corrected chi connectivity index (χ3v) is 9.83. The van der Waals surface area contributed by atoms with Crippen LogP contribution in [0.1, 0.15) is 46.7 Å². The van der Waals surface area contributed by atoms with Gasteiger partial charge in [-0.1, -0.05) is 36.4 Å². The number of imidazole rings is 1. The molecule has 3 heterocycles. The van der Waals surface area contributed by atoms with Gasteiger partial charge < -0.3 is 24.4 Å². The zero-order valence-electron chi connectivity index (χ0n) is 29.2. The van der Waals surface area contributed by atoms with Gasteiger partial charge in [-0.25, -0.2) is 18.4 Å². The fraction of sp³-hybridized carbons (Fsp3) is 0.308. The van der Waals surface area contributed by atoms with Crippen molar-refractivity contribution >= 4 is 22.9 Å². The maximum absolute atomic E-state index is 14.0. The zero-order valence-corrected chi connectivity index (χ0v) is 29.2. The van der Waals surface area contributed by atoms with E-state index in [0.29, 0.717) is 30.1 Å². The molecule has 1 aliphatic rings. The Morgan fingerprint density at radius 2 is 1.71 bits per heavy atom. The summed E-state index contributed by atoms with van der Waals surface area (Å²) in [4.78, 5) is 22.9. The summed E-state index contributed by atoms with van der Waals surface area (Å²) in [6, 6.07) is 26.7. The number of carbonyl (C=O) groups excluding carboxylic acids is 1. The summed E-state index contributed by atoms with van der Waals surface area (Å²) < 4.78 is 36.7. The number of tetrazole rings is 1. The van der Waals surface area contributed by atoms with Gasteiger partial charge in [0.1, 0.15) is 23.7 Å². The Bertz CT molecular complexity index is 2100. The van der Waals surface area contributed by atoms with E-state index in [4.69, 9.17) is 9.72 Å². The minimum Gasteiger partial charge on any atom is -0.496 e. The van der Waals surface area contributed by atoms with Gasteiger partial charge >= 0.3 is 0 Å². The summed E-state index contributed by atoms with van der Waals surface area (Å²) >= 11 is 0. The van der Waals surface area contributed by atoms with Crippen LogP contribution in [-0.4, -0.2) is 91.8 Å². The number of benzene rings is 4. The monoisotopic (exact) mass is 705 g/mol. The van der Waals surface area contributed by atoms with Gasteiger partial charge in [-0.05, 0) is 102 Å². The predicted octanol–water partition coefficient (Wildman–Crippen LogP) is 6.17. The fourth-order valence-electron chi connectivity index (χ4n) is 6.94. The number of likely N-dealkylation sites (tertiary alicyclic amines) is 1. The molecule has 1 amide bonds. The molecule has 1 N–H and O–H groups in total. The molecule has 1 atom stereocenters. The first-order valence-electron chi connectivity index (χ1n) is 17.5. The van der Waals surface area contributed by atoms with E-state index < -0.39 is 0 Å². The Balaban J connectivity index is 1.000. The Kier molecular flexibility index (Phi) is 10.5. The number of rotatable bonds is 13. The van der Waals surface area contributed by atoms with E-state index in [1.54, 1.807) is 30.1 Å². The van der Waals surface area contributed by atoms with Crippen LogP contribution in [-0.2, 0) is 6.54 Å². The average molecular weight is 706 g/mol. The number of fused-ring (bicyclic) bond motifs is 1. The summed E-state index contributed by atoms with van der Waals surface area (Å²) in [7, 11) is 3.32. The molecule has 0 aliphatic carbocycles. The maximum atomic E-state index is 14.0. The lowest BCUT2D eigenvalue weighted by Crippen LogP contribution is -2.40. The first-order chi connectivity index (χ1) is 25.3. The van der Waals surface area contributed by atoms with Crippen molar-refractivity contribution in [2.45, 2.75) is 37.8 Å². The number of nitrogens with zero attached hydrogens (tertiary/aromatic N) is 8. The van der Waals surface area contributed by atoms with Crippen LogP contribution in [0.15, 0.2) is 97.3 Å². The highest BCUT2D eigenvalue weighted by Gasteiger charge is 2.25. The molecule has 0 spiro atoms. The lowest BCUT2D eigenvalue weighted by atomic mass is 9.94. The van der Waals surface area contributed by atoms with Crippen molar-refractivity contribution in [3.8, 4) is 11.4 Å². The predicted molar refractivity (Wildman–Crippen MR) is 195 cm³/mol. The van der Waals surface area contributed by atoms with E-state index in [1.165, 1.54) is 42.4 Å². The molecule has 0 radical (unpaired) electrons. The van der Waals surface area contributed by atoms with Crippen LogP contribution in [0.3, 0.4) is 0 Å². The number of ether oxygens (including phenoxy) is 1. The smallest absolute Gasteiger partial charge is 0.257 e. The number of amides is 1. The van der Waals surface area contributed by atoms with Gasteiger partial charge in [0, 0.05) is 38.6 Å². The van der Waals surface area contributed by atoms with Crippen molar-refractivity contribution in [1.29, 1.82) is 0 Å². The molecular formula is C39H41F2N9O2. The Morgan fingerprint density at radius 3 is 2.42 bits per heavy atom. The van der Waals surface area contributed by atoms with Crippen molar-refractivity contribution in [2.24, 2.45) is 0 Å². The van der Waals surface area contributed by atoms with E-state index >= 15 is 0 Å². The third-order valence-electron chi connectivity index (χ3n) is 9.83. The Hall–Kier alpha value is -5.69. The lowest BCUT2D eigenvalue weighted by Gasteiger charge is -2.34. The first kappa shape index (κ1) is 34.7. The van der Waals surface area contributed by atoms with Crippen LogP contribution in [0.2, 0.25) is 0 Å². The number of hydrogen-bond acceptors (Lipinski definition) is 8. The normalized spacial score (nSPS) is 14.4. The number of hydrogen-bond donors (Lipinski definition) is 1. The summed E-state index contributed by atoms with van der Waals surface area (Å²) in [5.74, 6) is 0.500. The second-order valence-electron chi connectivity index (χ2n) is 13.3. The van der Waals surface area contributed by atoms with Crippen molar-refractivity contribution in [3.63, 3.8) is 0 Å². The van der Waals surface area contributed by atoms with Crippen molar-refractivity contribution < 1.29 is 18.3 Å². The highest BCUT2D eigenvalue weighted by molar-refractivity contribution is 5.97. The first-order valence-corrected chi connectivity index (χ1v) is 17.5. The molecule has 1 saturated heterocycles. The number of anilines is 1. The lowest BCUT2D eigenvalue weighted by molar-refractivity contribution is 0.0778. The van der Waals surface area contributed by atoms with Crippen molar-refractivity contribution in [1.82, 2.24) is 39.6 Å². The zero-order chi connectivity index (χ0) is 36.0. The molecule has 1 aliphatic heterocycles. The molecular weight excluding hydrogens is 664 g/mol. The highest BCUT2D eigenvalue weighted by Crippen LogP contribution is 2.28. The molecule has 0 saturated carbocycles. The fourth-order valence-corrected chi connectivity index (χ4v) is 6.94. The van der Waals surface area contributed by atoms with Gasteiger partial charge in [0.05, 0.1) is 35.9 Å². The maximum Gasteiger partial charge on any atom is 0.257 e. The van der Waals surface area contributed by atoms with E-state index in [1.807, 2.05) is 42.5 Å². The van der Waals surface area contributed by atoms with Gasteiger partial charge in [-0.3, -0.25) is 4.79 Å². The largest absolute Gasteiger partial charge is 0.496 e. The summed E-state index contributed by atoms with van der Waals surface area (Å²) in [5, 5.41) is 15.1. The number of methoxy groups -OCH3 is 1. The second-order valence-corrected chi connectivity index (χ2v) is 13.3. The van der Waals surface area contributed by atoms with Crippen LogP contribution in [0, 0.1) is 11.6 Å². The summed E-state index contributed by atoms with van der Waals surface area (Å²) in [6.45, 7) is 3.66. The van der Waals surface area contributed by atoms with Crippen LogP contribution in [0.4, 0.5) is 14.7 Å². The van der Waals surface area contributed by atoms with Gasteiger partial charge in [-0.2, -0.15) is 0 Å². The Labute approximate surface area is 300 Å². The SMILES string of the molecule is COc1ccc(-n2cnnn2)cc1C(=O)N(C)CC(CCN1CCC(Nc2nc3ccccc3n2Cc2ccc(F)cc2)CC1)c1ccc(F)cc1. The van der Waals surface area contributed by atoms with Crippen LogP contribution >= 0.6 is 0 Å². The van der Waals surface area contributed by atoms with Gasteiger partial charge in [0.2, 0.25) is 5.95 Å². The molecule has 6 aromatic rings. The van der Waals surface area contributed by atoms with Crippen LogP contribution < -0.4 is 10.1 Å². The number of likely N-dealkylation sites (N-methyl/N-ethyl adjacent to an activating group) is 1. The van der Waals surface area contributed by atoms with E-state index in [-0.39, 0.29) is 29.5 Å². The topological polar surface area (TPSA) is 106 Å². The second kappa shape index (κ2) is 15.7. The Morgan fingerprint density at radius 1 is 0.981 bits per heavy atom. The molecule has 1 unspecified atom stereocenters. The molecule has 52 heavy (non-hydrogen) atoms. The molecule has 11 nitrogen and oxygen atoms in total. The molecule has 1 fully saturated rings. The van der Waals surface area contributed by atoms with Gasteiger partial charge in [0.25, 0.3) is 5.91 Å². The molecule has 268 valence electrons. The average Bonchev–Trinajstić information content (AvgIpc) is 3.83. The summed E-state index contributed by atoms with van der Waals surface area (Å²) in [6.07, 6.45) is 4.14.